The second kappa shape index (κ2) is 16.2. The smallest absolute Gasteiger partial charge is 0.460 e. The molecule has 1 aliphatic carbocycles. The maximum atomic E-state index is 12.2. The minimum Gasteiger partial charge on any atom is -0.460 e. The van der Waals surface area contributed by atoms with Gasteiger partial charge in [0.2, 0.25) is 5.36 Å². The molecule has 238 valence electrons. The van der Waals surface area contributed by atoms with E-state index in [-0.39, 0.29) is 58.2 Å². The Kier molecular flexibility index (Phi) is 13.1. The van der Waals surface area contributed by atoms with Crippen molar-refractivity contribution in [3.63, 3.8) is 0 Å². The number of thiocarbonyl (C=S) groups is 1. The van der Waals surface area contributed by atoms with Crippen molar-refractivity contribution in [2.45, 2.75) is 39.5 Å². The first-order valence-electron chi connectivity index (χ1n) is 15.0. The number of anilines is 1. The number of carbonyl (C=O) groups excluding carboxylic acids is 1. The fourth-order valence-corrected chi connectivity index (χ4v) is 6.12. The van der Waals surface area contributed by atoms with E-state index in [2.05, 4.69) is 49.1 Å². The van der Waals surface area contributed by atoms with Gasteiger partial charge < -0.3 is 19.4 Å². The van der Waals surface area contributed by atoms with Gasteiger partial charge in [-0.25, -0.2) is 9.37 Å². The van der Waals surface area contributed by atoms with Crippen molar-refractivity contribution < 1.29 is 56.5 Å². The molecule has 0 saturated carbocycles. The summed E-state index contributed by atoms with van der Waals surface area (Å²) in [5, 5.41) is 4.90. The van der Waals surface area contributed by atoms with E-state index in [9.17, 15) is 17.8 Å². The molecule has 0 saturated heterocycles. The van der Waals surface area contributed by atoms with Crippen LogP contribution in [0.25, 0.3) is 33.4 Å². The molecular weight excluding hydrogens is 634 g/mol. The van der Waals surface area contributed by atoms with E-state index in [0.29, 0.717) is 22.5 Å². The van der Waals surface area contributed by atoms with Gasteiger partial charge in [0, 0.05) is 65.1 Å². The van der Waals surface area contributed by atoms with E-state index < -0.39 is 16.1 Å². The number of nitrogens with zero attached hydrogens (tertiary/aromatic N) is 2. The molecular formula is C34H40N3NaO6S2+2. The third kappa shape index (κ3) is 8.26. The van der Waals surface area contributed by atoms with Crippen LogP contribution in [0.5, 0.6) is 0 Å². The largest absolute Gasteiger partial charge is 1.00 e. The molecule has 1 heterocycles. The van der Waals surface area contributed by atoms with E-state index in [4.69, 9.17) is 21.4 Å². The molecule has 12 heteroatoms. The second-order valence-electron chi connectivity index (χ2n) is 10.5. The minimum absolute atomic E-state index is 0. The van der Waals surface area contributed by atoms with E-state index in [1.54, 1.807) is 13.0 Å². The number of nitrogens with one attached hydrogen (secondary N) is 1. The molecule has 9 nitrogen and oxygen atoms in total. The molecule has 0 fully saturated rings. The third-order valence-electron chi connectivity index (χ3n) is 7.72. The summed E-state index contributed by atoms with van der Waals surface area (Å²) in [5.74, 6) is 0.143. The van der Waals surface area contributed by atoms with Crippen LogP contribution in [-0.4, -0.2) is 63.3 Å². The first kappa shape index (κ1) is 37.4. The molecule has 0 unspecified atom stereocenters. The topological polar surface area (TPSA) is 112 Å². The SMILES string of the molecule is C=C(C)C(=O)OCCNC(=S)c1cc(S(=O)(=O)O)ccc1-c1c2ccc(=[N+](CC)CC)cc-2oc2cc(N(CC)CC)ccc12.[Na+]. The van der Waals surface area contributed by atoms with Gasteiger partial charge in [-0.15, -0.1) is 0 Å². The molecule has 0 amide bonds. The van der Waals surface area contributed by atoms with Gasteiger partial charge in [-0.3, -0.25) is 4.55 Å². The molecule has 0 bridgehead atoms. The summed E-state index contributed by atoms with van der Waals surface area (Å²) in [5.41, 5.74) is 4.61. The summed E-state index contributed by atoms with van der Waals surface area (Å²) in [4.78, 5) is 14.0. The average molecular weight is 674 g/mol. The van der Waals surface area contributed by atoms with E-state index >= 15 is 0 Å². The van der Waals surface area contributed by atoms with Gasteiger partial charge in [0.05, 0.1) is 11.0 Å². The van der Waals surface area contributed by atoms with Crippen molar-refractivity contribution in [3.05, 3.63) is 77.7 Å². The van der Waals surface area contributed by atoms with Crippen molar-refractivity contribution in [3.8, 4) is 22.5 Å². The van der Waals surface area contributed by atoms with Gasteiger partial charge in [0.1, 0.15) is 36.0 Å². The van der Waals surface area contributed by atoms with E-state index in [1.807, 2.05) is 36.4 Å². The zero-order valence-corrected chi connectivity index (χ0v) is 31.0. The van der Waals surface area contributed by atoms with E-state index in [1.165, 1.54) is 12.1 Å². The molecule has 46 heavy (non-hydrogen) atoms. The van der Waals surface area contributed by atoms with Crippen molar-refractivity contribution in [1.29, 1.82) is 0 Å². The van der Waals surface area contributed by atoms with Crippen LogP contribution in [0.3, 0.4) is 0 Å². The maximum Gasteiger partial charge on any atom is 1.00 e. The number of hydrogen-bond donors (Lipinski definition) is 2. The summed E-state index contributed by atoms with van der Waals surface area (Å²) in [7, 11) is -4.53. The van der Waals surface area contributed by atoms with Gasteiger partial charge in [-0.05, 0) is 70.5 Å². The molecule has 0 spiro atoms. The van der Waals surface area contributed by atoms with Crippen LogP contribution in [0.1, 0.15) is 40.2 Å². The Balaban J connectivity index is 0.00000576. The van der Waals surface area contributed by atoms with Crippen LogP contribution in [-0.2, 0) is 19.6 Å². The molecule has 1 aliphatic heterocycles. The van der Waals surface area contributed by atoms with Crippen molar-refractivity contribution >= 4 is 50.0 Å². The molecule has 0 atom stereocenters. The van der Waals surface area contributed by atoms with Crippen molar-refractivity contribution in [2.75, 3.05) is 44.2 Å². The first-order valence-corrected chi connectivity index (χ1v) is 16.8. The number of benzene rings is 3. The third-order valence-corrected chi connectivity index (χ3v) is 8.93. The van der Waals surface area contributed by atoms with Crippen LogP contribution in [0.4, 0.5) is 5.69 Å². The molecule has 4 rings (SSSR count). The Hall–Kier alpha value is -3.06. The molecule has 2 N–H and O–H groups in total. The summed E-state index contributed by atoms with van der Waals surface area (Å²) >= 11 is 5.76. The molecule has 2 aromatic carbocycles. The predicted octanol–water partition coefficient (Wildman–Crippen LogP) is 2.50. The zero-order valence-electron chi connectivity index (χ0n) is 27.3. The Morgan fingerprint density at radius 3 is 2.30 bits per heavy atom. The summed E-state index contributed by atoms with van der Waals surface area (Å²) < 4.78 is 48.3. The van der Waals surface area contributed by atoms with Crippen molar-refractivity contribution in [1.82, 2.24) is 9.89 Å². The van der Waals surface area contributed by atoms with Gasteiger partial charge in [0.15, 0.2) is 0 Å². The normalized spacial score (nSPS) is 11.2. The average Bonchev–Trinajstić information content (AvgIpc) is 3.02. The minimum atomic E-state index is -4.53. The Morgan fingerprint density at radius 1 is 1.02 bits per heavy atom. The van der Waals surface area contributed by atoms with Gasteiger partial charge in [0.25, 0.3) is 10.1 Å². The number of rotatable bonds is 12. The van der Waals surface area contributed by atoms with Crippen LogP contribution in [0, 0.1) is 0 Å². The number of fused-ring (bicyclic) bond motifs is 2. The monoisotopic (exact) mass is 673 g/mol. The predicted molar refractivity (Wildman–Crippen MR) is 183 cm³/mol. The molecule has 2 aliphatic rings. The number of hydrogen-bond acceptors (Lipinski definition) is 7. The standard InChI is InChI=1S/C34H39N3O6S2.Na/c1-7-36(8-2)23-11-14-27-30(19-23)43-31-20-24(37(9-3)10-4)12-15-28(31)32(27)26-16-13-25(45(39,40)41)21-29(26)33(44)35-17-18-42-34(38)22(5)6;/h11-16,19-21H,5,7-10,17-18H2,1-4,6H3,(H-,35,39,40,41,44);/q;+1/p+1. The Labute approximate surface area is 298 Å². The summed E-state index contributed by atoms with van der Waals surface area (Å²) in [6.07, 6.45) is 0. The van der Waals surface area contributed by atoms with E-state index in [0.717, 1.165) is 53.7 Å². The van der Waals surface area contributed by atoms with Crippen LogP contribution in [0.2, 0.25) is 0 Å². The maximum absolute atomic E-state index is 12.2. The zero-order chi connectivity index (χ0) is 32.9. The molecule has 2 aromatic rings. The number of ether oxygens (including phenoxy) is 1. The fraction of sp³-hybridized carbons (Fsp3) is 0.324. The van der Waals surface area contributed by atoms with Crippen molar-refractivity contribution in [2.24, 2.45) is 0 Å². The summed E-state index contributed by atoms with van der Waals surface area (Å²) in [6.45, 7) is 17.1. The van der Waals surface area contributed by atoms with Gasteiger partial charge >= 0.3 is 35.5 Å². The quantitative estimate of drug-likeness (QED) is 0.0343. The fourth-order valence-electron chi connectivity index (χ4n) is 5.35. The molecule has 0 aromatic heterocycles. The van der Waals surface area contributed by atoms with Crippen LogP contribution < -0.4 is 49.7 Å². The first-order chi connectivity index (χ1) is 21.4. The summed E-state index contributed by atoms with van der Waals surface area (Å²) in [6, 6.07) is 16.5. The molecule has 0 radical (unpaired) electrons. The van der Waals surface area contributed by atoms with Crippen LogP contribution >= 0.6 is 12.2 Å². The van der Waals surface area contributed by atoms with Gasteiger partial charge in [-0.2, -0.15) is 8.42 Å². The second-order valence-corrected chi connectivity index (χ2v) is 12.4. The number of carbonyl (C=O) groups is 1. The Morgan fingerprint density at radius 2 is 1.70 bits per heavy atom. The van der Waals surface area contributed by atoms with Gasteiger partial charge in [-0.1, -0.05) is 24.9 Å². The van der Waals surface area contributed by atoms with Crippen LogP contribution in [0.15, 0.2) is 76.1 Å². The Bertz CT molecular complexity index is 1910. The number of esters is 1.